The van der Waals surface area contributed by atoms with Crippen LogP contribution in [0, 0.1) is 0 Å². The molecule has 1 saturated heterocycles. The van der Waals surface area contributed by atoms with Gasteiger partial charge in [-0.3, -0.25) is 4.98 Å². The summed E-state index contributed by atoms with van der Waals surface area (Å²) in [5.74, 6) is 1.09. The number of hydrogen-bond donors (Lipinski definition) is 1. The minimum Gasteiger partial charge on any atom is -0.370 e. The average Bonchev–Trinajstić information content (AvgIpc) is 3.18. The van der Waals surface area contributed by atoms with Gasteiger partial charge in [-0.25, -0.2) is 4.98 Å². The number of anilines is 1. The first kappa shape index (κ1) is 19.0. The molecule has 0 amide bonds. The second-order valence-corrected chi connectivity index (χ2v) is 7.69. The van der Waals surface area contributed by atoms with Crippen molar-refractivity contribution in [3.8, 4) is 11.3 Å². The van der Waals surface area contributed by atoms with Gasteiger partial charge in [-0.1, -0.05) is 12.1 Å². The zero-order chi connectivity index (χ0) is 19.7. The molecule has 8 heteroatoms. The van der Waals surface area contributed by atoms with Crippen LogP contribution in [0.15, 0.2) is 53.4 Å². The Hall–Kier alpha value is -2.35. The first-order valence-corrected chi connectivity index (χ1v) is 9.78. The zero-order valence-electron chi connectivity index (χ0n) is 14.9. The lowest BCUT2D eigenvalue weighted by Crippen LogP contribution is -2.33. The Labute approximate surface area is 169 Å². The number of aromatic nitrogens is 3. The van der Waals surface area contributed by atoms with Crippen molar-refractivity contribution in [1.29, 1.82) is 0 Å². The summed E-state index contributed by atoms with van der Waals surface area (Å²) in [6.07, 6.45) is 2.74. The lowest BCUT2D eigenvalue weighted by Gasteiger charge is -2.33. The number of imidazole rings is 1. The van der Waals surface area contributed by atoms with Gasteiger partial charge in [0, 0.05) is 43.2 Å². The number of nitrogens with zero attached hydrogens (tertiary/aromatic N) is 3. The summed E-state index contributed by atoms with van der Waals surface area (Å²) in [5, 5.41) is 0. The van der Waals surface area contributed by atoms with Crippen molar-refractivity contribution in [2.45, 2.75) is 24.9 Å². The van der Waals surface area contributed by atoms with Gasteiger partial charge in [-0.2, -0.15) is 13.2 Å². The molecule has 1 N–H and O–H groups in total. The molecular weight excluding hydrogens is 433 g/mol. The van der Waals surface area contributed by atoms with E-state index in [2.05, 4.69) is 35.8 Å². The van der Waals surface area contributed by atoms with Gasteiger partial charge in [0.2, 0.25) is 0 Å². The Morgan fingerprint density at radius 3 is 2.64 bits per heavy atom. The van der Waals surface area contributed by atoms with E-state index in [9.17, 15) is 13.2 Å². The number of rotatable bonds is 3. The Morgan fingerprint density at radius 1 is 1.14 bits per heavy atom. The molecule has 0 radical (unpaired) electrons. The molecule has 3 heterocycles. The van der Waals surface area contributed by atoms with Crippen LogP contribution in [-0.4, -0.2) is 28.0 Å². The number of aromatic amines is 1. The molecule has 0 atom stereocenters. The molecule has 0 saturated carbocycles. The van der Waals surface area contributed by atoms with Gasteiger partial charge in [-0.15, -0.1) is 0 Å². The maximum atomic E-state index is 12.9. The second-order valence-electron chi connectivity index (χ2n) is 6.84. The highest BCUT2D eigenvalue weighted by atomic mass is 79.9. The molecule has 1 aromatic carbocycles. The number of piperidine rings is 1. The Balaban J connectivity index is 1.47. The molecule has 1 aliphatic rings. The van der Waals surface area contributed by atoms with E-state index in [1.165, 1.54) is 6.07 Å². The summed E-state index contributed by atoms with van der Waals surface area (Å²) in [6, 6.07) is 7.27. The van der Waals surface area contributed by atoms with Crippen molar-refractivity contribution in [2.75, 3.05) is 18.0 Å². The van der Waals surface area contributed by atoms with Crippen LogP contribution in [0.25, 0.3) is 11.3 Å². The lowest BCUT2D eigenvalue weighted by atomic mass is 9.96. The quantitative estimate of drug-likeness (QED) is 0.561. The number of benzene rings is 1. The number of H-pyrrole nitrogens is 1. The number of alkyl halides is 3. The van der Waals surface area contributed by atoms with Crippen molar-refractivity contribution < 1.29 is 13.2 Å². The standard InChI is InChI=1S/C20H18BrF3N4/c21-16-11-25-7-4-18(16)28-8-5-13(6-9-28)19-26-12-17(27-19)14-2-1-3-15(10-14)20(22,23)24/h1-4,7,10-13H,5-6,8-9H2,(H,26,27). The molecule has 0 unspecified atom stereocenters. The second kappa shape index (κ2) is 7.58. The predicted molar refractivity (Wildman–Crippen MR) is 105 cm³/mol. The SMILES string of the molecule is FC(F)(F)c1cccc(-c2c[nH]c(C3CCN(c4ccncc4Br)CC3)n2)c1. The number of hydrogen-bond acceptors (Lipinski definition) is 3. The van der Waals surface area contributed by atoms with Crippen LogP contribution >= 0.6 is 15.9 Å². The summed E-state index contributed by atoms with van der Waals surface area (Å²) < 4.78 is 39.8. The molecule has 0 bridgehead atoms. The highest BCUT2D eigenvalue weighted by Gasteiger charge is 2.31. The van der Waals surface area contributed by atoms with E-state index in [1.807, 2.05) is 6.07 Å². The number of nitrogens with one attached hydrogen (secondary N) is 1. The summed E-state index contributed by atoms with van der Waals surface area (Å²) in [5.41, 5.74) is 1.47. The van der Waals surface area contributed by atoms with Crippen LogP contribution in [-0.2, 0) is 6.18 Å². The Kier molecular flexibility index (Phi) is 5.14. The van der Waals surface area contributed by atoms with Gasteiger partial charge in [0.15, 0.2) is 0 Å². The molecule has 0 aliphatic carbocycles. The molecule has 2 aromatic heterocycles. The van der Waals surface area contributed by atoms with Crippen molar-refractivity contribution in [3.63, 3.8) is 0 Å². The van der Waals surface area contributed by atoms with Gasteiger partial charge in [0.05, 0.1) is 21.4 Å². The van der Waals surface area contributed by atoms with Gasteiger partial charge in [-0.05, 0) is 47.0 Å². The monoisotopic (exact) mass is 450 g/mol. The van der Waals surface area contributed by atoms with Crippen LogP contribution in [0.2, 0.25) is 0 Å². The fourth-order valence-electron chi connectivity index (χ4n) is 3.57. The first-order chi connectivity index (χ1) is 13.4. The predicted octanol–water partition coefficient (Wildman–Crippen LogP) is 5.64. The van der Waals surface area contributed by atoms with E-state index in [1.54, 1.807) is 24.7 Å². The van der Waals surface area contributed by atoms with E-state index in [0.29, 0.717) is 11.3 Å². The van der Waals surface area contributed by atoms with Gasteiger partial charge < -0.3 is 9.88 Å². The molecule has 146 valence electrons. The Morgan fingerprint density at radius 2 is 1.93 bits per heavy atom. The third-order valence-corrected chi connectivity index (χ3v) is 5.67. The van der Waals surface area contributed by atoms with E-state index < -0.39 is 11.7 Å². The van der Waals surface area contributed by atoms with Crippen LogP contribution in [0.5, 0.6) is 0 Å². The summed E-state index contributed by atoms with van der Waals surface area (Å²) in [6.45, 7) is 1.76. The van der Waals surface area contributed by atoms with E-state index in [-0.39, 0.29) is 5.92 Å². The third kappa shape index (κ3) is 3.92. The molecule has 28 heavy (non-hydrogen) atoms. The average molecular weight is 451 g/mol. The molecule has 1 fully saturated rings. The van der Waals surface area contributed by atoms with Crippen molar-refractivity contribution >= 4 is 21.6 Å². The molecule has 4 rings (SSSR count). The molecular formula is C20H18BrF3N4. The van der Waals surface area contributed by atoms with E-state index in [4.69, 9.17) is 0 Å². The van der Waals surface area contributed by atoms with Crippen molar-refractivity contribution in [2.24, 2.45) is 0 Å². The third-order valence-electron chi connectivity index (χ3n) is 5.06. The van der Waals surface area contributed by atoms with E-state index in [0.717, 1.165) is 54.0 Å². The summed E-state index contributed by atoms with van der Waals surface area (Å²) in [7, 11) is 0. The lowest BCUT2D eigenvalue weighted by molar-refractivity contribution is -0.137. The molecule has 1 aliphatic heterocycles. The first-order valence-electron chi connectivity index (χ1n) is 8.99. The van der Waals surface area contributed by atoms with Gasteiger partial charge in [0.1, 0.15) is 5.82 Å². The zero-order valence-corrected chi connectivity index (χ0v) is 16.5. The van der Waals surface area contributed by atoms with Crippen LogP contribution < -0.4 is 4.90 Å². The van der Waals surface area contributed by atoms with Crippen LogP contribution in [0.3, 0.4) is 0 Å². The minimum absolute atomic E-state index is 0.261. The highest BCUT2D eigenvalue weighted by Crippen LogP contribution is 2.34. The van der Waals surface area contributed by atoms with Gasteiger partial charge in [0.25, 0.3) is 0 Å². The summed E-state index contributed by atoms with van der Waals surface area (Å²) >= 11 is 3.54. The topological polar surface area (TPSA) is 44.8 Å². The summed E-state index contributed by atoms with van der Waals surface area (Å²) in [4.78, 5) is 14.2. The molecule has 3 aromatic rings. The maximum absolute atomic E-state index is 12.9. The fraction of sp³-hybridized carbons (Fsp3) is 0.300. The number of halogens is 4. The number of pyridine rings is 1. The smallest absolute Gasteiger partial charge is 0.370 e. The Bertz CT molecular complexity index is 962. The van der Waals surface area contributed by atoms with Gasteiger partial charge >= 0.3 is 6.18 Å². The largest absolute Gasteiger partial charge is 0.416 e. The van der Waals surface area contributed by atoms with Crippen molar-refractivity contribution in [3.05, 3.63) is 64.8 Å². The van der Waals surface area contributed by atoms with E-state index >= 15 is 0 Å². The van der Waals surface area contributed by atoms with Crippen LogP contribution in [0.1, 0.15) is 30.1 Å². The highest BCUT2D eigenvalue weighted by molar-refractivity contribution is 9.10. The maximum Gasteiger partial charge on any atom is 0.416 e. The minimum atomic E-state index is -4.36. The van der Waals surface area contributed by atoms with Crippen LogP contribution in [0.4, 0.5) is 18.9 Å². The normalized spacial score (nSPS) is 15.8. The molecule has 4 nitrogen and oxygen atoms in total. The fourth-order valence-corrected chi connectivity index (χ4v) is 4.07. The molecule has 0 spiro atoms. The van der Waals surface area contributed by atoms with Crippen molar-refractivity contribution in [1.82, 2.24) is 15.0 Å².